The third kappa shape index (κ3) is 4.09. The molecule has 0 aromatic carbocycles. The first kappa shape index (κ1) is 12.9. The molecular weight excluding hydrogens is 186 g/mol. The first-order chi connectivity index (χ1) is 7.02. The fourth-order valence-corrected chi connectivity index (χ4v) is 2.61. The van der Waals surface area contributed by atoms with Crippen molar-refractivity contribution in [1.82, 2.24) is 9.80 Å². The van der Waals surface area contributed by atoms with Gasteiger partial charge in [0.1, 0.15) is 0 Å². The van der Waals surface area contributed by atoms with E-state index in [0.717, 1.165) is 24.9 Å². The SMILES string of the molecule is CC(C)CN1CC(C)CN(C)CC1CN. The summed E-state index contributed by atoms with van der Waals surface area (Å²) in [5, 5.41) is 0. The summed E-state index contributed by atoms with van der Waals surface area (Å²) >= 11 is 0. The third-order valence-corrected chi connectivity index (χ3v) is 3.08. The van der Waals surface area contributed by atoms with Crippen LogP contribution in [-0.2, 0) is 0 Å². The topological polar surface area (TPSA) is 32.5 Å². The molecule has 0 aliphatic carbocycles. The van der Waals surface area contributed by atoms with Crippen LogP contribution >= 0.6 is 0 Å². The van der Waals surface area contributed by atoms with Gasteiger partial charge in [0.05, 0.1) is 0 Å². The summed E-state index contributed by atoms with van der Waals surface area (Å²) in [7, 11) is 2.21. The predicted molar refractivity (Wildman–Crippen MR) is 65.9 cm³/mol. The molecule has 2 atom stereocenters. The van der Waals surface area contributed by atoms with Crippen molar-refractivity contribution < 1.29 is 0 Å². The molecule has 2 N–H and O–H groups in total. The van der Waals surface area contributed by atoms with Crippen molar-refractivity contribution in [3.63, 3.8) is 0 Å². The number of nitrogens with zero attached hydrogens (tertiary/aromatic N) is 2. The van der Waals surface area contributed by atoms with Crippen LogP contribution in [0.3, 0.4) is 0 Å². The highest BCUT2D eigenvalue weighted by Crippen LogP contribution is 2.14. The predicted octanol–water partition coefficient (Wildman–Crippen LogP) is 0.853. The van der Waals surface area contributed by atoms with E-state index >= 15 is 0 Å². The van der Waals surface area contributed by atoms with E-state index in [4.69, 9.17) is 5.73 Å². The standard InChI is InChI=1S/C12H27N3/c1-10(2)6-15-8-11(3)7-14(4)9-12(15)5-13/h10-12H,5-9,13H2,1-4H3. The average molecular weight is 213 g/mol. The van der Waals surface area contributed by atoms with Crippen molar-refractivity contribution in [2.24, 2.45) is 17.6 Å². The van der Waals surface area contributed by atoms with Crippen LogP contribution in [-0.4, -0.2) is 55.6 Å². The highest BCUT2D eigenvalue weighted by Gasteiger charge is 2.25. The van der Waals surface area contributed by atoms with Crippen LogP contribution in [0.4, 0.5) is 0 Å². The minimum Gasteiger partial charge on any atom is -0.329 e. The molecule has 2 unspecified atom stereocenters. The van der Waals surface area contributed by atoms with Gasteiger partial charge in [0.15, 0.2) is 0 Å². The van der Waals surface area contributed by atoms with Gasteiger partial charge >= 0.3 is 0 Å². The van der Waals surface area contributed by atoms with Gasteiger partial charge in [-0.25, -0.2) is 0 Å². The molecule has 1 saturated heterocycles. The number of hydrogen-bond acceptors (Lipinski definition) is 3. The van der Waals surface area contributed by atoms with Gasteiger partial charge in [-0.3, -0.25) is 4.90 Å². The molecular formula is C12H27N3. The summed E-state index contributed by atoms with van der Waals surface area (Å²) in [6.07, 6.45) is 0. The number of nitrogens with two attached hydrogens (primary N) is 1. The second-order valence-corrected chi connectivity index (χ2v) is 5.56. The summed E-state index contributed by atoms with van der Waals surface area (Å²) in [6, 6.07) is 0.544. The molecule has 0 spiro atoms. The normalized spacial score (nSPS) is 30.8. The van der Waals surface area contributed by atoms with E-state index in [-0.39, 0.29) is 0 Å². The molecule has 0 aromatic heterocycles. The molecule has 1 aliphatic heterocycles. The summed E-state index contributed by atoms with van der Waals surface area (Å²) in [5.41, 5.74) is 5.88. The Balaban J connectivity index is 2.62. The minimum atomic E-state index is 0.544. The van der Waals surface area contributed by atoms with Crippen molar-refractivity contribution in [3.8, 4) is 0 Å². The van der Waals surface area contributed by atoms with E-state index < -0.39 is 0 Å². The zero-order chi connectivity index (χ0) is 11.4. The van der Waals surface area contributed by atoms with E-state index in [1.54, 1.807) is 0 Å². The Hall–Kier alpha value is -0.120. The lowest BCUT2D eigenvalue weighted by atomic mass is 10.1. The molecule has 15 heavy (non-hydrogen) atoms. The van der Waals surface area contributed by atoms with E-state index in [9.17, 15) is 0 Å². The van der Waals surface area contributed by atoms with Gasteiger partial charge < -0.3 is 10.6 Å². The number of likely N-dealkylation sites (N-methyl/N-ethyl adjacent to an activating group) is 1. The third-order valence-electron chi connectivity index (χ3n) is 3.08. The Bertz CT molecular complexity index is 182. The van der Waals surface area contributed by atoms with Crippen molar-refractivity contribution in [2.45, 2.75) is 26.8 Å². The molecule has 90 valence electrons. The van der Waals surface area contributed by atoms with Gasteiger partial charge in [0, 0.05) is 38.8 Å². The van der Waals surface area contributed by atoms with Crippen LogP contribution in [0.15, 0.2) is 0 Å². The van der Waals surface area contributed by atoms with Crippen LogP contribution < -0.4 is 5.73 Å². The van der Waals surface area contributed by atoms with E-state index in [1.807, 2.05) is 0 Å². The van der Waals surface area contributed by atoms with Gasteiger partial charge in [0.2, 0.25) is 0 Å². The quantitative estimate of drug-likeness (QED) is 0.754. The lowest BCUT2D eigenvalue weighted by molar-refractivity contribution is 0.168. The molecule has 1 fully saturated rings. The van der Waals surface area contributed by atoms with Gasteiger partial charge in [-0.1, -0.05) is 20.8 Å². The maximum Gasteiger partial charge on any atom is 0.0345 e. The Labute approximate surface area is 94.6 Å². The molecule has 0 saturated carbocycles. The Morgan fingerprint density at radius 1 is 1.27 bits per heavy atom. The summed E-state index contributed by atoms with van der Waals surface area (Å²) in [4.78, 5) is 5.00. The maximum atomic E-state index is 5.88. The first-order valence-corrected chi connectivity index (χ1v) is 6.15. The average Bonchev–Trinajstić information content (AvgIpc) is 2.23. The van der Waals surface area contributed by atoms with Crippen LogP contribution in [0.25, 0.3) is 0 Å². The van der Waals surface area contributed by atoms with Gasteiger partial charge in [0.25, 0.3) is 0 Å². The van der Waals surface area contributed by atoms with Crippen LogP contribution in [0.2, 0.25) is 0 Å². The molecule has 1 aliphatic rings. The van der Waals surface area contributed by atoms with Gasteiger partial charge in [-0.05, 0) is 18.9 Å². The van der Waals surface area contributed by atoms with Crippen LogP contribution in [0.5, 0.6) is 0 Å². The first-order valence-electron chi connectivity index (χ1n) is 6.15. The van der Waals surface area contributed by atoms with Gasteiger partial charge in [-0.15, -0.1) is 0 Å². The zero-order valence-electron chi connectivity index (χ0n) is 10.7. The highest BCUT2D eigenvalue weighted by atomic mass is 15.2. The Kier molecular flexibility index (Phi) is 5.03. The van der Waals surface area contributed by atoms with Crippen LogP contribution in [0.1, 0.15) is 20.8 Å². The Morgan fingerprint density at radius 3 is 2.47 bits per heavy atom. The summed E-state index contributed by atoms with van der Waals surface area (Å²) < 4.78 is 0. The zero-order valence-corrected chi connectivity index (χ0v) is 10.7. The molecule has 0 radical (unpaired) electrons. The Morgan fingerprint density at radius 2 is 1.93 bits per heavy atom. The molecule has 1 rings (SSSR count). The van der Waals surface area contributed by atoms with Crippen LogP contribution in [0, 0.1) is 11.8 Å². The van der Waals surface area contributed by atoms with E-state index in [0.29, 0.717) is 6.04 Å². The van der Waals surface area contributed by atoms with Gasteiger partial charge in [-0.2, -0.15) is 0 Å². The molecule has 3 nitrogen and oxygen atoms in total. The highest BCUT2D eigenvalue weighted by molar-refractivity contribution is 4.82. The largest absolute Gasteiger partial charge is 0.329 e. The minimum absolute atomic E-state index is 0.544. The molecule has 0 aromatic rings. The summed E-state index contributed by atoms with van der Waals surface area (Å²) in [5.74, 6) is 1.49. The maximum absolute atomic E-state index is 5.88. The van der Waals surface area contributed by atoms with E-state index in [2.05, 4.69) is 37.6 Å². The second-order valence-electron chi connectivity index (χ2n) is 5.56. The molecule has 3 heteroatoms. The second kappa shape index (κ2) is 5.83. The molecule has 0 bridgehead atoms. The lowest BCUT2D eigenvalue weighted by Crippen LogP contribution is -2.46. The lowest BCUT2D eigenvalue weighted by Gasteiger charge is -2.31. The monoisotopic (exact) mass is 213 g/mol. The van der Waals surface area contributed by atoms with E-state index in [1.165, 1.54) is 19.6 Å². The van der Waals surface area contributed by atoms with Crippen molar-refractivity contribution >= 4 is 0 Å². The number of rotatable bonds is 3. The van der Waals surface area contributed by atoms with Crippen molar-refractivity contribution in [3.05, 3.63) is 0 Å². The molecule has 1 heterocycles. The van der Waals surface area contributed by atoms with Crippen molar-refractivity contribution in [2.75, 3.05) is 39.8 Å². The fraction of sp³-hybridized carbons (Fsp3) is 1.00. The van der Waals surface area contributed by atoms with Crippen molar-refractivity contribution in [1.29, 1.82) is 0 Å². The molecule has 0 amide bonds. The fourth-order valence-electron chi connectivity index (χ4n) is 2.61. The summed E-state index contributed by atoms with van der Waals surface area (Å²) in [6.45, 7) is 12.4. The number of hydrogen-bond donors (Lipinski definition) is 1. The smallest absolute Gasteiger partial charge is 0.0345 e.